The fraction of sp³-hybridized carbons (Fsp3) is 0.381. The molecule has 1 amide bonds. The second kappa shape index (κ2) is 10.6. The van der Waals surface area contributed by atoms with Crippen LogP contribution in [0.4, 0.5) is 0 Å². The van der Waals surface area contributed by atoms with Crippen LogP contribution in [0.15, 0.2) is 52.6 Å². The van der Waals surface area contributed by atoms with E-state index in [0.717, 1.165) is 44.9 Å². The number of benzene rings is 1. The molecule has 0 N–H and O–H groups in total. The monoisotopic (exact) mass is 386 g/mol. The minimum atomic E-state index is 0.294. The van der Waals surface area contributed by atoms with E-state index in [9.17, 15) is 4.79 Å². The van der Waals surface area contributed by atoms with Gasteiger partial charge in [-0.15, -0.1) is 11.8 Å². The smallest absolute Gasteiger partial charge is 0.223 e. The molecule has 2 aromatic rings. The first-order chi connectivity index (χ1) is 12.8. The van der Waals surface area contributed by atoms with Crippen LogP contribution in [0.2, 0.25) is 0 Å². The van der Waals surface area contributed by atoms with Crippen molar-refractivity contribution in [1.82, 2.24) is 9.80 Å². The van der Waals surface area contributed by atoms with Gasteiger partial charge in [0, 0.05) is 44.9 Å². The number of thioether (sulfide) groups is 1. The van der Waals surface area contributed by atoms with E-state index in [1.54, 1.807) is 23.1 Å². The van der Waals surface area contributed by atoms with Crippen molar-refractivity contribution in [2.75, 3.05) is 31.9 Å². The molecule has 1 fully saturated rings. The Morgan fingerprint density at radius 3 is 2.81 bits per heavy atom. The molecule has 0 spiro atoms. The number of rotatable bonds is 7. The van der Waals surface area contributed by atoms with Crippen LogP contribution < -0.4 is 0 Å². The molecule has 0 radical (unpaired) electrons. The van der Waals surface area contributed by atoms with Gasteiger partial charge in [0.15, 0.2) is 0 Å². The van der Waals surface area contributed by atoms with Gasteiger partial charge < -0.3 is 4.90 Å². The van der Waals surface area contributed by atoms with Crippen molar-refractivity contribution in [3.63, 3.8) is 0 Å². The molecule has 3 rings (SSSR count). The summed E-state index contributed by atoms with van der Waals surface area (Å²) in [6.07, 6.45) is 3.79. The molecule has 5 heteroatoms. The summed E-state index contributed by atoms with van der Waals surface area (Å²) < 4.78 is 0. The number of thiophene rings is 1. The first kappa shape index (κ1) is 19.2. The Hall–Kier alpha value is -1.56. The standard InChI is InChI=1S/C21H26N2OS2/c24-21(9-16-25-14-7-19-5-2-1-3-6-19)23-11-4-10-22(12-13-23)17-20-8-15-26-18-20/h1-3,5-8,14-15,18H,4,9-13,16-17H2/b14-7-. The molecule has 1 aliphatic heterocycles. The highest BCUT2D eigenvalue weighted by atomic mass is 32.2. The molecule has 3 nitrogen and oxygen atoms in total. The topological polar surface area (TPSA) is 23.6 Å². The van der Waals surface area contributed by atoms with E-state index in [0.29, 0.717) is 12.3 Å². The Kier molecular flexibility index (Phi) is 7.80. The quantitative estimate of drug-likeness (QED) is 0.651. The van der Waals surface area contributed by atoms with Gasteiger partial charge in [0.25, 0.3) is 0 Å². The molecule has 1 aromatic carbocycles. The maximum absolute atomic E-state index is 12.5. The second-order valence-corrected chi connectivity index (χ2v) is 8.27. The van der Waals surface area contributed by atoms with Crippen molar-refractivity contribution in [1.29, 1.82) is 0 Å². The highest BCUT2D eigenvalue weighted by Crippen LogP contribution is 2.14. The number of amides is 1. The summed E-state index contributed by atoms with van der Waals surface area (Å²) in [5.74, 6) is 1.14. The zero-order valence-electron chi connectivity index (χ0n) is 15.0. The fourth-order valence-corrected chi connectivity index (χ4v) is 4.42. The lowest BCUT2D eigenvalue weighted by molar-refractivity contribution is -0.130. The van der Waals surface area contributed by atoms with Crippen LogP contribution in [0, 0.1) is 0 Å². The van der Waals surface area contributed by atoms with Crippen molar-refractivity contribution in [2.45, 2.75) is 19.4 Å². The number of carbonyl (C=O) groups is 1. The molecular formula is C21H26N2OS2. The Labute approximate surface area is 164 Å². The lowest BCUT2D eigenvalue weighted by Gasteiger charge is -2.21. The molecule has 0 aliphatic carbocycles. The van der Waals surface area contributed by atoms with Crippen molar-refractivity contribution in [2.24, 2.45) is 0 Å². The van der Waals surface area contributed by atoms with E-state index in [2.05, 4.69) is 50.2 Å². The van der Waals surface area contributed by atoms with Gasteiger partial charge >= 0.3 is 0 Å². The maximum atomic E-state index is 12.5. The molecule has 0 atom stereocenters. The van der Waals surface area contributed by atoms with E-state index >= 15 is 0 Å². The van der Waals surface area contributed by atoms with Gasteiger partial charge in [0.05, 0.1) is 0 Å². The number of hydrogen-bond acceptors (Lipinski definition) is 4. The minimum absolute atomic E-state index is 0.294. The Balaban J connectivity index is 1.36. The van der Waals surface area contributed by atoms with Gasteiger partial charge in [-0.1, -0.05) is 30.3 Å². The van der Waals surface area contributed by atoms with Crippen molar-refractivity contribution < 1.29 is 4.79 Å². The Morgan fingerprint density at radius 2 is 2.00 bits per heavy atom. The average Bonchev–Trinajstić information content (AvgIpc) is 3.06. The number of nitrogens with zero attached hydrogens (tertiary/aromatic N) is 2. The third-order valence-corrected chi connectivity index (χ3v) is 6.02. The summed E-state index contributed by atoms with van der Waals surface area (Å²) in [7, 11) is 0. The number of carbonyl (C=O) groups excluding carboxylic acids is 1. The molecule has 0 bridgehead atoms. The highest BCUT2D eigenvalue weighted by molar-refractivity contribution is 8.02. The van der Waals surface area contributed by atoms with Crippen LogP contribution in [0.1, 0.15) is 24.0 Å². The van der Waals surface area contributed by atoms with Crippen LogP contribution in [0.5, 0.6) is 0 Å². The molecule has 1 aliphatic rings. The van der Waals surface area contributed by atoms with Gasteiger partial charge in [-0.05, 0) is 45.9 Å². The first-order valence-corrected chi connectivity index (χ1v) is 11.1. The Bertz CT molecular complexity index is 685. The van der Waals surface area contributed by atoms with E-state index in [1.807, 2.05) is 18.2 Å². The lowest BCUT2D eigenvalue weighted by atomic mass is 10.2. The summed E-state index contributed by atoms with van der Waals surface area (Å²) >= 11 is 3.46. The predicted molar refractivity (Wildman–Crippen MR) is 113 cm³/mol. The highest BCUT2D eigenvalue weighted by Gasteiger charge is 2.18. The van der Waals surface area contributed by atoms with E-state index in [-0.39, 0.29) is 0 Å². The van der Waals surface area contributed by atoms with Crippen molar-refractivity contribution in [3.05, 3.63) is 63.7 Å². The van der Waals surface area contributed by atoms with Gasteiger partial charge in [-0.2, -0.15) is 11.3 Å². The van der Waals surface area contributed by atoms with Crippen molar-refractivity contribution in [3.8, 4) is 0 Å². The SMILES string of the molecule is O=C(CCS/C=C\c1ccccc1)N1CCCN(Cc2ccsc2)CC1. The Morgan fingerprint density at radius 1 is 1.12 bits per heavy atom. The predicted octanol–water partition coefficient (Wildman–Crippen LogP) is 4.58. The van der Waals surface area contributed by atoms with Crippen LogP contribution in [0.25, 0.3) is 6.08 Å². The first-order valence-electron chi connectivity index (χ1n) is 9.16. The normalized spacial score (nSPS) is 16.1. The van der Waals surface area contributed by atoms with Gasteiger partial charge in [0.1, 0.15) is 0 Å². The minimum Gasteiger partial charge on any atom is -0.341 e. The van der Waals surface area contributed by atoms with Crippen LogP contribution in [0.3, 0.4) is 0 Å². The summed E-state index contributed by atoms with van der Waals surface area (Å²) in [5, 5.41) is 6.44. The van der Waals surface area contributed by atoms with E-state index in [1.165, 1.54) is 11.1 Å². The molecular weight excluding hydrogens is 360 g/mol. The fourth-order valence-electron chi connectivity index (χ4n) is 3.08. The van der Waals surface area contributed by atoms with Crippen LogP contribution in [-0.4, -0.2) is 47.6 Å². The molecule has 2 heterocycles. The third-order valence-electron chi connectivity index (χ3n) is 4.52. The van der Waals surface area contributed by atoms with E-state index < -0.39 is 0 Å². The average molecular weight is 387 g/mol. The zero-order chi connectivity index (χ0) is 18.0. The number of hydrogen-bond donors (Lipinski definition) is 0. The summed E-state index contributed by atoms with van der Waals surface area (Å²) in [5.41, 5.74) is 2.58. The van der Waals surface area contributed by atoms with Crippen molar-refractivity contribution >= 4 is 35.1 Å². The summed E-state index contributed by atoms with van der Waals surface area (Å²) in [4.78, 5) is 17.0. The second-order valence-electron chi connectivity index (χ2n) is 6.48. The van der Waals surface area contributed by atoms with Crippen LogP contribution in [-0.2, 0) is 11.3 Å². The van der Waals surface area contributed by atoms with Gasteiger partial charge in [0.2, 0.25) is 5.91 Å². The van der Waals surface area contributed by atoms with Gasteiger partial charge in [-0.25, -0.2) is 0 Å². The van der Waals surface area contributed by atoms with Crippen LogP contribution >= 0.6 is 23.1 Å². The largest absolute Gasteiger partial charge is 0.341 e. The molecule has 0 saturated carbocycles. The molecule has 1 saturated heterocycles. The summed E-state index contributed by atoms with van der Waals surface area (Å²) in [6, 6.07) is 12.5. The molecule has 1 aromatic heterocycles. The zero-order valence-corrected chi connectivity index (χ0v) is 16.7. The third kappa shape index (κ3) is 6.31. The molecule has 0 unspecified atom stereocenters. The summed E-state index contributed by atoms with van der Waals surface area (Å²) in [6.45, 7) is 4.81. The van der Waals surface area contributed by atoms with Gasteiger partial charge in [-0.3, -0.25) is 9.69 Å². The molecule has 26 heavy (non-hydrogen) atoms. The maximum Gasteiger partial charge on any atom is 0.223 e. The van der Waals surface area contributed by atoms with E-state index in [4.69, 9.17) is 0 Å². The molecule has 138 valence electrons. The lowest BCUT2D eigenvalue weighted by Crippen LogP contribution is -2.35.